The Bertz CT molecular complexity index is 39.8. The van der Waals surface area contributed by atoms with Gasteiger partial charge in [-0.3, -0.25) is 4.79 Å². The highest BCUT2D eigenvalue weighted by molar-refractivity contribution is 6.20. The van der Waals surface area contributed by atoms with Crippen molar-refractivity contribution in [3.05, 3.63) is 0 Å². The summed E-state index contributed by atoms with van der Waals surface area (Å²) in [4.78, 5) is 11.8. The molecule has 0 saturated carbocycles. The van der Waals surface area contributed by atoms with Gasteiger partial charge in [-0.1, -0.05) is 4.53 Å². The molecule has 0 atom stereocenters. The third-order valence-corrected chi connectivity index (χ3v) is 0.147. The predicted molar refractivity (Wildman–Crippen MR) is 15.1 cm³/mol. The molecule has 0 aliphatic heterocycles. The normalized spacial score (nSPS) is 6.83. The van der Waals surface area contributed by atoms with E-state index in [1.54, 1.807) is 0 Å². The van der Waals surface area contributed by atoms with Gasteiger partial charge >= 0.3 is 7.69 Å². The van der Waals surface area contributed by atoms with E-state index in [1.807, 2.05) is 0 Å². The first-order chi connectivity index (χ1) is 2.91. The highest BCUT2D eigenvalue weighted by Crippen LogP contribution is 1.65. The summed E-state index contributed by atoms with van der Waals surface area (Å²) in [6.07, 6.45) is 0. The quantitative estimate of drug-likeness (QED) is 0.269. The molecule has 0 unspecified atom stereocenters. The molecular formula is CHBFO3. The molecule has 0 aromatic rings. The van der Waals surface area contributed by atoms with E-state index in [1.165, 1.54) is 0 Å². The molecule has 0 saturated heterocycles. The Morgan fingerprint density at radius 2 is 2.50 bits per heavy atom. The molecule has 0 fully saturated rings. The maximum Gasteiger partial charge on any atom is 0.611 e. The van der Waals surface area contributed by atoms with Crippen molar-refractivity contribution in [2.75, 3.05) is 0 Å². The lowest BCUT2D eigenvalue weighted by Gasteiger charge is -1.79. The number of hydrogen-bond donors (Lipinski definition) is 0. The molecule has 0 aromatic carbocycles. The van der Waals surface area contributed by atoms with E-state index in [2.05, 4.69) is 9.51 Å². The summed E-state index contributed by atoms with van der Waals surface area (Å²) in [5, 5.41) is 0. The summed E-state index contributed by atoms with van der Waals surface area (Å²) in [6, 6.07) is 0. The summed E-state index contributed by atoms with van der Waals surface area (Å²) in [7, 11) is 0.271. The lowest BCUT2D eigenvalue weighted by Crippen LogP contribution is -1.94. The van der Waals surface area contributed by atoms with Gasteiger partial charge in [0.15, 0.2) is 0 Å². The van der Waals surface area contributed by atoms with Crippen molar-refractivity contribution in [1.82, 2.24) is 0 Å². The van der Waals surface area contributed by atoms with Crippen LogP contribution in [0.15, 0.2) is 0 Å². The van der Waals surface area contributed by atoms with E-state index in [9.17, 15) is 4.53 Å². The van der Waals surface area contributed by atoms with Crippen LogP contribution in [0.25, 0.3) is 0 Å². The van der Waals surface area contributed by atoms with Crippen molar-refractivity contribution < 1.29 is 18.8 Å². The Kier molecular flexibility index (Phi) is 4.00. The van der Waals surface area contributed by atoms with Crippen LogP contribution in [0.3, 0.4) is 0 Å². The molecular weight excluding hydrogens is 89.8 g/mol. The topological polar surface area (TPSA) is 35.5 Å². The van der Waals surface area contributed by atoms with Crippen molar-refractivity contribution in [1.29, 1.82) is 0 Å². The largest absolute Gasteiger partial charge is 0.611 e. The van der Waals surface area contributed by atoms with E-state index in [4.69, 9.17) is 4.79 Å². The molecule has 33 valence electrons. The fraction of sp³-hybridized carbons (Fsp3) is 0. The van der Waals surface area contributed by atoms with Crippen molar-refractivity contribution in [2.24, 2.45) is 0 Å². The predicted octanol–water partition coefficient (Wildman–Crippen LogP) is -0.405. The van der Waals surface area contributed by atoms with Crippen LogP contribution < -0.4 is 0 Å². The van der Waals surface area contributed by atoms with Crippen molar-refractivity contribution in [3.63, 3.8) is 0 Å². The molecule has 0 N–H and O–H groups in total. The molecule has 0 spiro atoms. The Balaban J connectivity index is 2.49. The maximum atomic E-state index is 10.3. The molecule has 6 heavy (non-hydrogen) atoms. The standard InChI is InChI=1S/CHBFO3/c3-6-2-5-1-4/h1H. The molecule has 0 aliphatic rings. The van der Waals surface area contributed by atoms with Gasteiger partial charge in [-0.15, -0.1) is 0 Å². The van der Waals surface area contributed by atoms with E-state index in [0.717, 1.165) is 0 Å². The highest BCUT2D eigenvalue weighted by atomic mass is 19.3. The summed E-state index contributed by atoms with van der Waals surface area (Å²) in [6.45, 7) is 0.0413. The summed E-state index contributed by atoms with van der Waals surface area (Å²) < 4.78 is 13.9. The summed E-state index contributed by atoms with van der Waals surface area (Å²) in [5.74, 6) is 0. The first kappa shape index (κ1) is 5.42. The Labute approximate surface area is 34.3 Å². The number of rotatable bonds is 3. The fourth-order valence-corrected chi connectivity index (χ4v) is 0.0437. The molecule has 0 rings (SSSR count). The molecule has 0 amide bonds. The summed E-state index contributed by atoms with van der Waals surface area (Å²) >= 11 is 0. The van der Waals surface area contributed by atoms with Gasteiger partial charge in [-0.25, -0.2) is 4.86 Å². The van der Waals surface area contributed by atoms with Crippen LogP contribution in [0, 0.1) is 0 Å². The average molecular weight is 90.8 g/mol. The number of halogens is 1. The minimum Gasteiger partial charge on any atom is -0.512 e. The van der Waals surface area contributed by atoms with Crippen LogP contribution in [0.5, 0.6) is 0 Å². The summed E-state index contributed by atoms with van der Waals surface area (Å²) in [5.41, 5.74) is 0. The Morgan fingerprint density at radius 1 is 1.83 bits per heavy atom. The second-order valence-electron chi connectivity index (χ2n) is 0.418. The van der Waals surface area contributed by atoms with E-state index < -0.39 is 0 Å². The Hall–Kier alpha value is -0.575. The smallest absolute Gasteiger partial charge is 0.512 e. The fourth-order valence-electron chi connectivity index (χ4n) is 0.0437. The maximum absolute atomic E-state index is 10.3. The third kappa shape index (κ3) is 3.42. The lowest BCUT2D eigenvalue weighted by atomic mass is 10.4. The van der Waals surface area contributed by atoms with Crippen LogP contribution >= 0.6 is 0 Å². The van der Waals surface area contributed by atoms with E-state index in [-0.39, 0.29) is 14.2 Å². The second kappa shape index (κ2) is 4.42. The second-order valence-corrected chi connectivity index (χ2v) is 0.418. The van der Waals surface area contributed by atoms with Crippen molar-refractivity contribution >= 4 is 14.2 Å². The third-order valence-electron chi connectivity index (χ3n) is 0.147. The van der Waals surface area contributed by atoms with E-state index in [0.29, 0.717) is 0 Å². The van der Waals surface area contributed by atoms with Crippen molar-refractivity contribution in [2.45, 2.75) is 0 Å². The van der Waals surface area contributed by atoms with Crippen molar-refractivity contribution in [3.8, 4) is 0 Å². The molecule has 0 aliphatic carbocycles. The number of carbonyl (C=O) groups is 1. The van der Waals surface area contributed by atoms with Gasteiger partial charge in [0.1, 0.15) is 0 Å². The average Bonchev–Trinajstić information content (AvgIpc) is 1.61. The zero-order valence-corrected chi connectivity index (χ0v) is 2.76. The van der Waals surface area contributed by atoms with Crippen LogP contribution in [0.2, 0.25) is 0 Å². The van der Waals surface area contributed by atoms with Gasteiger partial charge < -0.3 is 4.65 Å². The van der Waals surface area contributed by atoms with E-state index >= 15 is 0 Å². The van der Waals surface area contributed by atoms with Gasteiger partial charge in [-0.05, 0) is 0 Å². The molecule has 0 bridgehead atoms. The lowest BCUT2D eigenvalue weighted by molar-refractivity contribution is -0.124. The molecule has 5 heteroatoms. The number of hydrogen-bond acceptors (Lipinski definition) is 3. The Morgan fingerprint density at radius 3 is 2.67 bits per heavy atom. The molecule has 0 aromatic heterocycles. The highest BCUT2D eigenvalue weighted by Gasteiger charge is 1.87. The minimum absolute atomic E-state index is 0.0413. The molecule has 1 radical (unpaired) electrons. The minimum atomic E-state index is 0.0413. The molecule has 0 heterocycles. The van der Waals surface area contributed by atoms with Gasteiger partial charge in [-0.2, -0.15) is 0 Å². The first-order valence-corrected chi connectivity index (χ1v) is 1.10. The monoisotopic (exact) mass is 91.0 g/mol. The van der Waals surface area contributed by atoms with Gasteiger partial charge in [0, 0.05) is 0 Å². The molecule has 3 nitrogen and oxygen atoms in total. The van der Waals surface area contributed by atoms with Gasteiger partial charge in [0.05, 0.1) is 0 Å². The zero-order chi connectivity index (χ0) is 4.83. The zero-order valence-electron chi connectivity index (χ0n) is 2.76. The first-order valence-electron chi connectivity index (χ1n) is 1.10. The van der Waals surface area contributed by atoms with Gasteiger partial charge in [0.25, 0.3) is 6.47 Å². The van der Waals surface area contributed by atoms with Crippen LogP contribution in [0.1, 0.15) is 0 Å². The number of carbonyl (C=O) groups excluding carboxylic acids is 1. The SMILES string of the molecule is O=CO[B]OF. The van der Waals surface area contributed by atoms with Crippen LogP contribution in [-0.2, 0) is 14.3 Å². The van der Waals surface area contributed by atoms with Gasteiger partial charge in [0.2, 0.25) is 0 Å². The van der Waals surface area contributed by atoms with Crippen LogP contribution in [0.4, 0.5) is 4.53 Å². The van der Waals surface area contributed by atoms with Crippen LogP contribution in [-0.4, -0.2) is 14.2 Å².